The van der Waals surface area contributed by atoms with Crippen molar-refractivity contribution in [3.8, 4) is 0 Å². The number of halogens is 4. The highest BCUT2D eigenvalue weighted by molar-refractivity contribution is 8.18. The van der Waals surface area contributed by atoms with Gasteiger partial charge in [-0.15, -0.1) is 0 Å². The number of hydrogen-bond acceptors (Lipinski definition) is 5. The summed E-state index contributed by atoms with van der Waals surface area (Å²) >= 11 is 0.680. The number of amides is 3. The standard InChI is InChI=1S/C20H21F4N3O3S/c21-15-6-2-1-4-13(15)10-16-18(29)27(19(30)31-16)9-7-25-17(28)12-26-8-3-5-14(11-26)20(22,23)24/h1-2,4,6,10,14H,3,5,7-9,11-12H2,(H,25,28)/b16-10-. The van der Waals surface area contributed by atoms with Gasteiger partial charge < -0.3 is 5.32 Å². The van der Waals surface area contributed by atoms with E-state index in [0.717, 1.165) is 4.90 Å². The van der Waals surface area contributed by atoms with Crippen LogP contribution in [0, 0.1) is 11.7 Å². The fourth-order valence-corrected chi connectivity index (χ4v) is 4.31. The second-order valence-electron chi connectivity index (χ2n) is 7.32. The van der Waals surface area contributed by atoms with Gasteiger partial charge in [-0.2, -0.15) is 13.2 Å². The zero-order valence-corrected chi connectivity index (χ0v) is 17.3. The fraction of sp³-hybridized carbons (Fsp3) is 0.450. The van der Waals surface area contributed by atoms with Crippen molar-refractivity contribution in [2.24, 2.45) is 5.92 Å². The van der Waals surface area contributed by atoms with Crippen LogP contribution in [-0.2, 0) is 9.59 Å². The average Bonchev–Trinajstić information content (AvgIpc) is 2.96. The first kappa shape index (κ1) is 23.3. The Hall–Kier alpha value is -2.40. The van der Waals surface area contributed by atoms with Crippen LogP contribution in [0.2, 0.25) is 0 Å². The van der Waals surface area contributed by atoms with Gasteiger partial charge in [-0.3, -0.25) is 24.2 Å². The van der Waals surface area contributed by atoms with E-state index in [0.29, 0.717) is 24.7 Å². The molecular formula is C20H21F4N3O3S. The quantitative estimate of drug-likeness (QED) is 0.523. The Morgan fingerprint density at radius 3 is 2.71 bits per heavy atom. The van der Waals surface area contributed by atoms with Crippen molar-refractivity contribution in [2.75, 3.05) is 32.7 Å². The molecule has 6 nitrogen and oxygen atoms in total. The number of thioether (sulfide) groups is 1. The molecule has 3 amide bonds. The van der Waals surface area contributed by atoms with E-state index in [2.05, 4.69) is 5.32 Å². The summed E-state index contributed by atoms with van der Waals surface area (Å²) in [4.78, 5) is 39.1. The normalized spacial score (nSPS) is 21.7. The van der Waals surface area contributed by atoms with Crippen LogP contribution < -0.4 is 5.32 Å². The van der Waals surface area contributed by atoms with Crippen LogP contribution in [-0.4, -0.2) is 65.8 Å². The van der Waals surface area contributed by atoms with E-state index in [1.807, 2.05) is 0 Å². The topological polar surface area (TPSA) is 69.7 Å². The van der Waals surface area contributed by atoms with Gasteiger partial charge in [0.25, 0.3) is 11.1 Å². The first-order chi connectivity index (χ1) is 14.6. The van der Waals surface area contributed by atoms with E-state index in [4.69, 9.17) is 0 Å². The predicted molar refractivity (Wildman–Crippen MR) is 107 cm³/mol. The van der Waals surface area contributed by atoms with Gasteiger partial charge in [0.2, 0.25) is 5.91 Å². The molecule has 3 rings (SSSR count). The van der Waals surface area contributed by atoms with Crippen molar-refractivity contribution in [3.05, 3.63) is 40.6 Å². The van der Waals surface area contributed by atoms with Crippen molar-refractivity contribution in [2.45, 2.75) is 19.0 Å². The lowest BCUT2D eigenvalue weighted by molar-refractivity contribution is -0.187. The van der Waals surface area contributed by atoms with E-state index in [9.17, 15) is 31.9 Å². The van der Waals surface area contributed by atoms with Gasteiger partial charge in [0, 0.05) is 25.2 Å². The summed E-state index contributed by atoms with van der Waals surface area (Å²) in [5, 5.41) is 1.99. The first-order valence-electron chi connectivity index (χ1n) is 9.71. The van der Waals surface area contributed by atoms with Crippen LogP contribution in [0.5, 0.6) is 0 Å². The van der Waals surface area contributed by atoms with E-state index < -0.39 is 35.0 Å². The number of hydrogen-bond donors (Lipinski definition) is 1. The third-order valence-electron chi connectivity index (χ3n) is 5.06. The summed E-state index contributed by atoms with van der Waals surface area (Å²) in [5.41, 5.74) is 0.181. The van der Waals surface area contributed by atoms with E-state index in [1.165, 1.54) is 29.2 Å². The molecule has 2 aliphatic heterocycles. The Morgan fingerprint density at radius 1 is 1.26 bits per heavy atom. The molecule has 168 valence electrons. The maximum atomic E-state index is 13.8. The summed E-state index contributed by atoms with van der Waals surface area (Å²) in [6.07, 6.45) is -2.56. The van der Waals surface area contributed by atoms with E-state index >= 15 is 0 Å². The lowest BCUT2D eigenvalue weighted by Crippen LogP contribution is -2.47. The van der Waals surface area contributed by atoms with Crippen molar-refractivity contribution < 1.29 is 31.9 Å². The van der Waals surface area contributed by atoms with Crippen LogP contribution in [0.25, 0.3) is 6.08 Å². The Bertz CT molecular complexity index is 891. The molecule has 2 saturated heterocycles. The molecule has 0 spiro atoms. The Balaban J connectivity index is 1.48. The van der Waals surface area contributed by atoms with Gasteiger partial charge in [0.05, 0.1) is 17.4 Å². The molecule has 0 bridgehead atoms. The lowest BCUT2D eigenvalue weighted by Gasteiger charge is -2.33. The molecule has 0 saturated carbocycles. The maximum Gasteiger partial charge on any atom is 0.393 e. The summed E-state index contributed by atoms with van der Waals surface area (Å²) in [7, 11) is 0. The van der Waals surface area contributed by atoms with Crippen LogP contribution in [0.1, 0.15) is 18.4 Å². The molecule has 1 N–H and O–H groups in total. The molecule has 1 atom stereocenters. The fourth-order valence-electron chi connectivity index (χ4n) is 3.46. The van der Waals surface area contributed by atoms with Crippen LogP contribution in [0.15, 0.2) is 29.2 Å². The highest BCUT2D eigenvalue weighted by atomic mass is 32.2. The predicted octanol–water partition coefficient (Wildman–Crippen LogP) is 3.25. The van der Waals surface area contributed by atoms with Crippen LogP contribution in [0.3, 0.4) is 0 Å². The van der Waals surface area contributed by atoms with Crippen molar-refractivity contribution in [1.29, 1.82) is 0 Å². The minimum absolute atomic E-state index is 0.0274. The van der Waals surface area contributed by atoms with Crippen molar-refractivity contribution in [1.82, 2.24) is 15.1 Å². The van der Waals surface area contributed by atoms with E-state index in [1.54, 1.807) is 6.07 Å². The summed E-state index contributed by atoms with van der Waals surface area (Å²) < 4.78 is 52.4. The third-order valence-corrected chi connectivity index (χ3v) is 5.97. The van der Waals surface area contributed by atoms with Gasteiger partial charge in [-0.1, -0.05) is 18.2 Å². The van der Waals surface area contributed by atoms with Gasteiger partial charge >= 0.3 is 6.18 Å². The second kappa shape index (κ2) is 9.82. The summed E-state index contributed by atoms with van der Waals surface area (Å²) in [6, 6.07) is 5.83. The summed E-state index contributed by atoms with van der Waals surface area (Å²) in [5.74, 6) is -3.02. The van der Waals surface area contributed by atoms with E-state index in [-0.39, 0.29) is 43.1 Å². The van der Waals surface area contributed by atoms with Crippen LogP contribution in [0.4, 0.5) is 22.4 Å². The molecule has 2 aliphatic rings. The molecule has 1 aromatic carbocycles. The lowest BCUT2D eigenvalue weighted by atomic mass is 9.97. The van der Waals surface area contributed by atoms with Crippen LogP contribution >= 0.6 is 11.8 Å². The maximum absolute atomic E-state index is 13.8. The zero-order chi connectivity index (χ0) is 22.6. The molecule has 2 fully saturated rings. The monoisotopic (exact) mass is 459 g/mol. The first-order valence-corrected chi connectivity index (χ1v) is 10.5. The number of carbonyl (C=O) groups is 3. The number of imide groups is 1. The molecule has 1 aromatic rings. The molecule has 2 heterocycles. The highest BCUT2D eigenvalue weighted by Crippen LogP contribution is 2.33. The number of nitrogens with zero attached hydrogens (tertiary/aromatic N) is 2. The molecule has 31 heavy (non-hydrogen) atoms. The largest absolute Gasteiger partial charge is 0.393 e. The van der Waals surface area contributed by atoms with Gasteiger partial charge in [0.1, 0.15) is 5.82 Å². The minimum atomic E-state index is -4.28. The molecule has 0 aromatic heterocycles. The number of benzene rings is 1. The van der Waals surface area contributed by atoms with Gasteiger partial charge in [0.15, 0.2) is 0 Å². The summed E-state index contributed by atoms with van der Waals surface area (Å²) in [6.45, 7) is -0.108. The Morgan fingerprint density at radius 2 is 2.00 bits per heavy atom. The molecule has 1 unspecified atom stereocenters. The number of rotatable bonds is 6. The smallest absolute Gasteiger partial charge is 0.353 e. The Labute approximate surface area is 180 Å². The number of alkyl halides is 3. The number of nitrogens with one attached hydrogen (secondary N) is 1. The SMILES string of the molecule is O=C(CN1CCCC(C(F)(F)F)C1)NCCN1C(=O)S/C(=C\c2ccccc2F)C1=O. The van der Waals surface area contributed by atoms with Gasteiger partial charge in [-0.25, -0.2) is 4.39 Å². The molecular weight excluding hydrogens is 438 g/mol. The second-order valence-corrected chi connectivity index (χ2v) is 8.31. The third kappa shape index (κ3) is 6.07. The van der Waals surface area contributed by atoms with Gasteiger partial charge in [-0.05, 0) is 43.3 Å². The van der Waals surface area contributed by atoms with Crippen molar-refractivity contribution >= 4 is 34.9 Å². The number of likely N-dealkylation sites (tertiary alicyclic amines) is 1. The Kier molecular flexibility index (Phi) is 7.37. The average molecular weight is 459 g/mol. The number of piperidine rings is 1. The minimum Gasteiger partial charge on any atom is -0.353 e. The molecule has 0 aliphatic carbocycles. The number of carbonyl (C=O) groups excluding carboxylic acids is 3. The highest BCUT2D eigenvalue weighted by Gasteiger charge is 2.42. The van der Waals surface area contributed by atoms with Crippen molar-refractivity contribution in [3.63, 3.8) is 0 Å². The molecule has 0 radical (unpaired) electrons. The molecule has 11 heteroatoms. The zero-order valence-electron chi connectivity index (χ0n) is 16.5.